The first-order chi connectivity index (χ1) is 13.2. The molecule has 0 unspecified atom stereocenters. The standard InChI is InChI=1S/C18H16ClNO7S/c1-28(23,24)12-3-4-13(19)14(9-12)20-17(21)10-27-18(22)11-2-5-15-16(8-11)26-7-6-25-15/h2-5,8-9H,6-7,10H2,1H3,(H,20,21). The topological polar surface area (TPSA) is 108 Å². The SMILES string of the molecule is CS(=O)(=O)c1ccc(Cl)c(NC(=O)COC(=O)c2ccc3c(c2)OCCO3)c1. The predicted molar refractivity (Wildman–Crippen MR) is 101 cm³/mol. The maximum atomic E-state index is 12.1. The molecule has 2 aromatic rings. The van der Waals surface area contributed by atoms with Crippen LogP contribution >= 0.6 is 11.6 Å². The number of hydrogen-bond donors (Lipinski definition) is 1. The van der Waals surface area contributed by atoms with E-state index in [0.717, 1.165) is 6.26 Å². The highest BCUT2D eigenvalue weighted by Gasteiger charge is 2.17. The second-order valence-electron chi connectivity index (χ2n) is 5.90. The average Bonchev–Trinajstić information content (AvgIpc) is 2.66. The molecule has 0 saturated carbocycles. The van der Waals surface area contributed by atoms with Gasteiger partial charge in [0.15, 0.2) is 27.9 Å². The molecule has 0 radical (unpaired) electrons. The third-order valence-corrected chi connectivity index (χ3v) is 5.19. The summed E-state index contributed by atoms with van der Waals surface area (Å²) >= 11 is 5.97. The number of sulfone groups is 1. The Kier molecular flexibility index (Phi) is 5.76. The van der Waals surface area contributed by atoms with E-state index in [9.17, 15) is 18.0 Å². The lowest BCUT2D eigenvalue weighted by molar-refractivity contribution is -0.119. The van der Waals surface area contributed by atoms with Crippen molar-refractivity contribution in [2.75, 3.05) is 31.4 Å². The van der Waals surface area contributed by atoms with Crippen molar-refractivity contribution in [2.24, 2.45) is 0 Å². The first-order valence-corrected chi connectivity index (χ1v) is 10.4. The summed E-state index contributed by atoms with van der Waals surface area (Å²) in [6, 6.07) is 8.48. The normalized spacial score (nSPS) is 12.9. The highest BCUT2D eigenvalue weighted by atomic mass is 35.5. The minimum Gasteiger partial charge on any atom is -0.486 e. The van der Waals surface area contributed by atoms with Crippen molar-refractivity contribution in [3.05, 3.63) is 47.0 Å². The number of ether oxygens (including phenoxy) is 3. The average molecular weight is 426 g/mol. The minimum absolute atomic E-state index is 0.000438. The van der Waals surface area contributed by atoms with Crippen LogP contribution in [-0.2, 0) is 19.4 Å². The van der Waals surface area contributed by atoms with Crippen molar-refractivity contribution in [1.82, 2.24) is 0 Å². The lowest BCUT2D eigenvalue weighted by atomic mass is 10.2. The molecule has 0 aliphatic carbocycles. The highest BCUT2D eigenvalue weighted by molar-refractivity contribution is 7.90. The monoisotopic (exact) mass is 425 g/mol. The molecule has 2 aromatic carbocycles. The molecule has 0 saturated heterocycles. The highest BCUT2D eigenvalue weighted by Crippen LogP contribution is 2.31. The molecule has 1 aliphatic rings. The van der Waals surface area contributed by atoms with Gasteiger partial charge in [0.2, 0.25) is 0 Å². The van der Waals surface area contributed by atoms with Gasteiger partial charge in [0.05, 0.1) is 21.2 Å². The second kappa shape index (κ2) is 8.07. The van der Waals surface area contributed by atoms with Crippen LogP contribution in [0.25, 0.3) is 0 Å². The molecule has 10 heteroatoms. The number of carbonyl (C=O) groups excluding carboxylic acids is 2. The summed E-state index contributed by atoms with van der Waals surface area (Å²) in [4.78, 5) is 24.2. The number of esters is 1. The van der Waals surface area contributed by atoms with E-state index in [0.29, 0.717) is 24.7 Å². The molecule has 8 nitrogen and oxygen atoms in total. The van der Waals surface area contributed by atoms with Crippen molar-refractivity contribution < 1.29 is 32.2 Å². The van der Waals surface area contributed by atoms with E-state index in [1.54, 1.807) is 6.07 Å². The Hall–Kier alpha value is -2.78. The zero-order valence-electron chi connectivity index (χ0n) is 14.7. The molecule has 0 atom stereocenters. The molecule has 0 bridgehead atoms. The molecule has 0 spiro atoms. The summed E-state index contributed by atoms with van der Waals surface area (Å²) in [7, 11) is -3.46. The maximum absolute atomic E-state index is 12.1. The largest absolute Gasteiger partial charge is 0.486 e. The van der Waals surface area contributed by atoms with Crippen LogP contribution in [-0.4, -0.2) is 46.4 Å². The predicted octanol–water partition coefficient (Wildman–Crippen LogP) is 2.31. The van der Waals surface area contributed by atoms with Crippen LogP contribution in [0, 0.1) is 0 Å². The third kappa shape index (κ3) is 4.73. The van der Waals surface area contributed by atoms with E-state index in [2.05, 4.69) is 5.32 Å². The van der Waals surface area contributed by atoms with Crippen LogP contribution in [0.1, 0.15) is 10.4 Å². The maximum Gasteiger partial charge on any atom is 0.338 e. The molecule has 148 valence electrons. The molecule has 1 aliphatic heterocycles. The van der Waals surface area contributed by atoms with E-state index < -0.39 is 28.3 Å². The van der Waals surface area contributed by atoms with Gasteiger partial charge in [-0.2, -0.15) is 0 Å². The summed E-state index contributed by atoms with van der Waals surface area (Å²) in [5.74, 6) is -0.433. The van der Waals surface area contributed by atoms with Crippen molar-refractivity contribution in [3.8, 4) is 11.5 Å². The van der Waals surface area contributed by atoms with Gasteiger partial charge in [-0.15, -0.1) is 0 Å². The summed E-state index contributed by atoms with van der Waals surface area (Å²) in [5.41, 5.74) is 0.305. The summed E-state index contributed by atoms with van der Waals surface area (Å²) in [5, 5.41) is 2.57. The fourth-order valence-corrected chi connectivity index (χ4v) is 3.21. The van der Waals surface area contributed by atoms with E-state index in [-0.39, 0.29) is 21.2 Å². The zero-order valence-corrected chi connectivity index (χ0v) is 16.3. The molecular weight excluding hydrogens is 410 g/mol. The number of nitrogens with one attached hydrogen (secondary N) is 1. The number of carbonyl (C=O) groups is 2. The fourth-order valence-electron chi connectivity index (χ4n) is 2.40. The molecular formula is C18H16ClNO7S. The van der Waals surface area contributed by atoms with E-state index in [4.69, 9.17) is 25.8 Å². The molecule has 28 heavy (non-hydrogen) atoms. The Morgan fingerprint density at radius 2 is 1.82 bits per heavy atom. The van der Waals surface area contributed by atoms with E-state index >= 15 is 0 Å². The molecule has 1 N–H and O–H groups in total. The molecule has 1 heterocycles. The quantitative estimate of drug-likeness (QED) is 0.732. The van der Waals surface area contributed by atoms with Gasteiger partial charge in [-0.1, -0.05) is 11.6 Å². The number of benzene rings is 2. The van der Waals surface area contributed by atoms with Crippen LogP contribution in [0.4, 0.5) is 5.69 Å². The van der Waals surface area contributed by atoms with Gasteiger partial charge in [0, 0.05) is 6.26 Å². The molecule has 3 rings (SSSR count). The summed E-state index contributed by atoms with van der Waals surface area (Å²) < 4.78 is 39.0. The van der Waals surface area contributed by atoms with Gasteiger partial charge < -0.3 is 19.5 Å². The summed E-state index contributed by atoms with van der Waals surface area (Å²) in [6.45, 7) is 0.230. The van der Waals surface area contributed by atoms with Crippen LogP contribution in [0.5, 0.6) is 11.5 Å². The van der Waals surface area contributed by atoms with Gasteiger partial charge in [0.1, 0.15) is 13.2 Å². The Bertz CT molecular complexity index is 1040. The Labute approximate surface area is 166 Å². The van der Waals surface area contributed by atoms with Crippen LogP contribution < -0.4 is 14.8 Å². The molecule has 0 fully saturated rings. The second-order valence-corrected chi connectivity index (χ2v) is 8.32. The number of halogens is 1. The van der Waals surface area contributed by atoms with Gasteiger partial charge in [-0.3, -0.25) is 4.79 Å². The first kappa shape index (κ1) is 20.0. The van der Waals surface area contributed by atoms with Gasteiger partial charge in [-0.25, -0.2) is 13.2 Å². The number of anilines is 1. The lowest BCUT2D eigenvalue weighted by Crippen LogP contribution is -2.21. The first-order valence-electron chi connectivity index (χ1n) is 8.10. The van der Waals surface area contributed by atoms with Crippen molar-refractivity contribution in [1.29, 1.82) is 0 Å². The van der Waals surface area contributed by atoms with Crippen LogP contribution in [0.15, 0.2) is 41.3 Å². The van der Waals surface area contributed by atoms with Crippen LogP contribution in [0.2, 0.25) is 5.02 Å². The van der Waals surface area contributed by atoms with Crippen molar-refractivity contribution >= 4 is 39.0 Å². The molecule has 1 amide bonds. The fraction of sp³-hybridized carbons (Fsp3) is 0.222. The van der Waals surface area contributed by atoms with Gasteiger partial charge in [-0.05, 0) is 36.4 Å². The minimum atomic E-state index is -3.46. The van der Waals surface area contributed by atoms with Crippen molar-refractivity contribution in [2.45, 2.75) is 4.90 Å². The Morgan fingerprint density at radius 1 is 1.11 bits per heavy atom. The van der Waals surface area contributed by atoms with Gasteiger partial charge >= 0.3 is 5.97 Å². The lowest BCUT2D eigenvalue weighted by Gasteiger charge is -2.18. The smallest absolute Gasteiger partial charge is 0.338 e. The third-order valence-electron chi connectivity index (χ3n) is 3.75. The van der Waals surface area contributed by atoms with E-state index in [1.165, 1.54) is 30.3 Å². The number of rotatable bonds is 5. The van der Waals surface area contributed by atoms with Crippen LogP contribution in [0.3, 0.4) is 0 Å². The zero-order chi connectivity index (χ0) is 20.3. The Balaban J connectivity index is 1.62. The van der Waals surface area contributed by atoms with Crippen molar-refractivity contribution in [3.63, 3.8) is 0 Å². The number of amides is 1. The number of hydrogen-bond acceptors (Lipinski definition) is 7. The molecule has 0 aromatic heterocycles. The Morgan fingerprint density at radius 3 is 2.54 bits per heavy atom. The summed E-state index contributed by atoms with van der Waals surface area (Å²) in [6.07, 6.45) is 1.04. The van der Waals surface area contributed by atoms with Gasteiger partial charge in [0.25, 0.3) is 5.91 Å². The van der Waals surface area contributed by atoms with E-state index in [1.807, 2.05) is 0 Å². The number of fused-ring (bicyclic) bond motifs is 1.